The van der Waals surface area contributed by atoms with Crippen molar-refractivity contribution in [2.45, 2.75) is 27.2 Å². The van der Waals surface area contributed by atoms with Crippen molar-refractivity contribution >= 4 is 5.78 Å². The SMILES string of the molecule is CCCOc1cncc(C(=O)C(CN)C(C)C)c1. The summed E-state index contributed by atoms with van der Waals surface area (Å²) in [5, 5.41) is 0. The van der Waals surface area contributed by atoms with Gasteiger partial charge in [-0.3, -0.25) is 9.78 Å². The molecule has 0 aromatic carbocycles. The molecule has 0 saturated carbocycles. The van der Waals surface area contributed by atoms with Crippen molar-refractivity contribution in [1.29, 1.82) is 0 Å². The lowest BCUT2D eigenvalue weighted by atomic mass is 9.88. The number of nitrogens with two attached hydrogens (primary N) is 1. The van der Waals surface area contributed by atoms with Crippen molar-refractivity contribution in [3.8, 4) is 5.75 Å². The summed E-state index contributed by atoms with van der Waals surface area (Å²) in [7, 11) is 0. The summed E-state index contributed by atoms with van der Waals surface area (Å²) in [4.78, 5) is 16.3. The normalized spacial score (nSPS) is 12.5. The molecule has 0 saturated heterocycles. The molecule has 1 unspecified atom stereocenters. The van der Waals surface area contributed by atoms with Crippen molar-refractivity contribution in [3.05, 3.63) is 24.0 Å². The maximum atomic E-state index is 12.3. The van der Waals surface area contributed by atoms with Gasteiger partial charge in [-0.2, -0.15) is 0 Å². The van der Waals surface area contributed by atoms with Gasteiger partial charge in [-0.05, 0) is 18.4 Å². The van der Waals surface area contributed by atoms with Crippen LogP contribution in [-0.4, -0.2) is 23.9 Å². The molecule has 0 radical (unpaired) electrons. The van der Waals surface area contributed by atoms with Crippen molar-refractivity contribution in [1.82, 2.24) is 4.98 Å². The van der Waals surface area contributed by atoms with Gasteiger partial charge in [0.2, 0.25) is 0 Å². The van der Waals surface area contributed by atoms with Crippen molar-refractivity contribution in [2.24, 2.45) is 17.6 Å². The number of hydrogen-bond donors (Lipinski definition) is 1. The highest BCUT2D eigenvalue weighted by Crippen LogP contribution is 2.19. The van der Waals surface area contributed by atoms with E-state index in [1.165, 1.54) is 0 Å². The van der Waals surface area contributed by atoms with Gasteiger partial charge in [-0.25, -0.2) is 0 Å². The second-order valence-electron chi connectivity index (χ2n) is 4.71. The van der Waals surface area contributed by atoms with E-state index < -0.39 is 0 Å². The zero-order valence-electron chi connectivity index (χ0n) is 11.3. The number of hydrogen-bond acceptors (Lipinski definition) is 4. The molecule has 0 amide bonds. The molecule has 0 aliphatic rings. The number of pyridine rings is 1. The van der Waals surface area contributed by atoms with Crippen LogP contribution in [0.3, 0.4) is 0 Å². The molecule has 1 aromatic heterocycles. The number of aromatic nitrogens is 1. The summed E-state index contributed by atoms with van der Waals surface area (Å²) < 4.78 is 5.47. The molecule has 2 N–H and O–H groups in total. The first kappa shape index (κ1) is 14.6. The van der Waals surface area contributed by atoms with Crippen LogP contribution in [0.25, 0.3) is 0 Å². The van der Waals surface area contributed by atoms with E-state index in [1.54, 1.807) is 18.5 Å². The molecule has 4 heteroatoms. The molecule has 0 aliphatic heterocycles. The highest BCUT2D eigenvalue weighted by Gasteiger charge is 2.22. The summed E-state index contributed by atoms with van der Waals surface area (Å²) in [5.74, 6) is 0.750. The zero-order valence-corrected chi connectivity index (χ0v) is 11.3. The predicted octanol–water partition coefficient (Wildman–Crippen LogP) is 2.28. The average Bonchev–Trinajstić information content (AvgIpc) is 2.37. The highest BCUT2D eigenvalue weighted by atomic mass is 16.5. The van der Waals surface area contributed by atoms with Gasteiger partial charge >= 0.3 is 0 Å². The van der Waals surface area contributed by atoms with Crippen LogP contribution in [0.15, 0.2) is 18.5 Å². The molecule has 100 valence electrons. The summed E-state index contributed by atoms with van der Waals surface area (Å²) >= 11 is 0. The third kappa shape index (κ3) is 3.81. The molecule has 18 heavy (non-hydrogen) atoms. The first-order valence-corrected chi connectivity index (χ1v) is 6.42. The van der Waals surface area contributed by atoms with E-state index in [1.807, 2.05) is 20.8 Å². The average molecular weight is 250 g/mol. The lowest BCUT2D eigenvalue weighted by molar-refractivity contribution is 0.0891. The van der Waals surface area contributed by atoms with Crippen LogP contribution >= 0.6 is 0 Å². The minimum atomic E-state index is -0.159. The molecule has 1 atom stereocenters. The quantitative estimate of drug-likeness (QED) is 0.754. The molecular formula is C14H22N2O2. The van der Waals surface area contributed by atoms with Gasteiger partial charge in [0.1, 0.15) is 5.75 Å². The van der Waals surface area contributed by atoms with Gasteiger partial charge in [0.15, 0.2) is 5.78 Å². The second kappa shape index (κ2) is 7.11. The Morgan fingerprint density at radius 1 is 1.44 bits per heavy atom. The number of carbonyl (C=O) groups excluding carboxylic acids is 1. The van der Waals surface area contributed by atoms with E-state index in [4.69, 9.17) is 10.5 Å². The molecule has 1 aromatic rings. The van der Waals surface area contributed by atoms with Crippen molar-refractivity contribution < 1.29 is 9.53 Å². The zero-order chi connectivity index (χ0) is 13.5. The number of ketones is 1. The van der Waals surface area contributed by atoms with Crippen molar-refractivity contribution in [2.75, 3.05) is 13.2 Å². The van der Waals surface area contributed by atoms with Crippen LogP contribution in [0.2, 0.25) is 0 Å². The fourth-order valence-corrected chi connectivity index (χ4v) is 1.75. The van der Waals surface area contributed by atoms with Gasteiger partial charge in [0.05, 0.1) is 12.8 Å². The van der Waals surface area contributed by atoms with E-state index in [2.05, 4.69) is 4.98 Å². The Balaban J connectivity index is 2.85. The lowest BCUT2D eigenvalue weighted by Gasteiger charge is -2.17. The number of carbonyl (C=O) groups is 1. The van der Waals surface area contributed by atoms with Crippen LogP contribution in [0, 0.1) is 11.8 Å². The molecule has 0 aliphatic carbocycles. The fourth-order valence-electron chi connectivity index (χ4n) is 1.75. The molecule has 4 nitrogen and oxygen atoms in total. The number of Topliss-reactive ketones (excluding diaryl/α,β-unsaturated/α-hetero) is 1. The third-order valence-corrected chi connectivity index (χ3v) is 2.87. The topological polar surface area (TPSA) is 65.2 Å². The second-order valence-corrected chi connectivity index (χ2v) is 4.71. The number of ether oxygens (including phenoxy) is 1. The molecule has 0 fully saturated rings. The maximum absolute atomic E-state index is 12.3. The first-order chi connectivity index (χ1) is 8.60. The Labute approximate surface area is 109 Å². The molecule has 0 bridgehead atoms. The highest BCUT2D eigenvalue weighted by molar-refractivity contribution is 5.98. The number of rotatable bonds is 7. The summed E-state index contributed by atoms with van der Waals surface area (Å²) in [5.41, 5.74) is 6.23. The fraction of sp³-hybridized carbons (Fsp3) is 0.571. The molecule has 1 heterocycles. The van der Waals surface area contributed by atoms with E-state index in [0.717, 1.165) is 6.42 Å². The molecule has 0 spiro atoms. The number of nitrogens with zero attached hydrogens (tertiary/aromatic N) is 1. The largest absolute Gasteiger partial charge is 0.492 e. The van der Waals surface area contributed by atoms with E-state index >= 15 is 0 Å². The monoisotopic (exact) mass is 250 g/mol. The third-order valence-electron chi connectivity index (χ3n) is 2.87. The van der Waals surface area contributed by atoms with E-state index in [-0.39, 0.29) is 17.6 Å². The van der Waals surface area contributed by atoms with Gasteiger partial charge in [-0.15, -0.1) is 0 Å². The summed E-state index contributed by atoms with van der Waals surface area (Å²) in [6.45, 7) is 7.02. The van der Waals surface area contributed by atoms with Crippen LogP contribution in [-0.2, 0) is 0 Å². The predicted molar refractivity (Wildman–Crippen MR) is 71.7 cm³/mol. The van der Waals surface area contributed by atoms with Crippen LogP contribution in [0.4, 0.5) is 0 Å². The standard InChI is InChI=1S/C14H22N2O2/c1-4-5-18-12-6-11(8-16-9-12)14(17)13(7-15)10(2)3/h6,8-10,13H,4-5,7,15H2,1-3H3. The Morgan fingerprint density at radius 2 is 2.17 bits per heavy atom. The van der Waals surface area contributed by atoms with E-state index in [0.29, 0.717) is 24.5 Å². The van der Waals surface area contributed by atoms with Crippen molar-refractivity contribution in [3.63, 3.8) is 0 Å². The first-order valence-electron chi connectivity index (χ1n) is 6.42. The van der Waals surface area contributed by atoms with Crippen LogP contribution in [0.5, 0.6) is 5.75 Å². The Bertz CT molecular complexity index is 391. The van der Waals surface area contributed by atoms with E-state index in [9.17, 15) is 4.79 Å². The minimum Gasteiger partial charge on any atom is -0.492 e. The van der Waals surface area contributed by atoms with Gasteiger partial charge in [0.25, 0.3) is 0 Å². The smallest absolute Gasteiger partial charge is 0.169 e. The molecular weight excluding hydrogens is 228 g/mol. The summed E-state index contributed by atoms with van der Waals surface area (Å²) in [6, 6.07) is 1.75. The minimum absolute atomic E-state index is 0.0435. The van der Waals surface area contributed by atoms with Gasteiger partial charge < -0.3 is 10.5 Å². The molecule has 1 rings (SSSR count). The van der Waals surface area contributed by atoms with Gasteiger partial charge in [-0.1, -0.05) is 20.8 Å². The Hall–Kier alpha value is -1.42. The summed E-state index contributed by atoms with van der Waals surface area (Å²) in [6.07, 6.45) is 4.13. The Kier molecular flexibility index (Phi) is 5.78. The van der Waals surface area contributed by atoms with Crippen LogP contribution < -0.4 is 10.5 Å². The van der Waals surface area contributed by atoms with Gasteiger partial charge in [0, 0.05) is 24.2 Å². The lowest BCUT2D eigenvalue weighted by Crippen LogP contribution is -2.28. The maximum Gasteiger partial charge on any atom is 0.169 e. The van der Waals surface area contributed by atoms with Crippen LogP contribution in [0.1, 0.15) is 37.6 Å². The Morgan fingerprint density at radius 3 is 2.72 bits per heavy atom.